The van der Waals surface area contributed by atoms with Crippen LogP contribution in [0.25, 0.3) is 0 Å². The predicted molar refractivity (Wildman–Crippen MR) is 126 cm³/mol. The van der Waals surface area contributed by atoms with Crippen molar-refractivity contribution in [2.24, 2.45) is 23.7 Å². The zero-order valence-corrected chi connectivity index (χ0v) is 19.3. The molecule has 1 nitrogen and oxygen atoms in total. The molecule has 3 rings (SSSR count). The fourth-order valence-corrected chi connectivity index (χ4v) is 5.94. The first kappa shape index (κ1) is 22.7. The maximum atomic E-state index is 5.27. The van der Waals surface area contributed by atoms with Crippen LogP contribution in [0.2, 0.25) is 0 Å². The highest BCUT2D eigenvalue weighted by atomic mass is 16.5. The molecule has 164 valence electrons. The van der Waals surface area contributed by atoms with E-state index >= 15 is 0 Å². The van der Waals surface area contributed by atoms with Gasteiger partial charge in [0.1, 0.15) is 5.75 Å². The zero-order chi connectivity index (χ0) is 20.3. The SMILES string of the molecule is CCCCC[C@H]1CC[C@H](CC[C@H]2CC[C@H](CCc3ccc(OC)cc3)CC2)CC1. The third kappa shape index (κ3) is 7.99. The Bertz CT molecular complexity index is 532. The van der Waals surface area contributed by atoms with Gasteiger partial charge in [0, 0.05) is 0 Å². The van der Waals surface area contributed by atoms with Crippen LogP contribution >= 0.6 is 0 Å². The fraction of sp³-hybridized carbons (Fsp3) is 0.786. The van der Waals surface area contributed by atoms with Crippen LogP contribution in [-0.2, 0) is 6.42 Å². The molecule has 0 amide bonds. The molecule has 0 radical (unpaired) electrons. The van der Waals surface area contributed by atoms with Crippen molar-refractivity contribution in [3.05, 3.63) is 29.8 Å². The lowest BCUT2D eigenvalue weighted by Crippen LogP contribution is -2.18. The molecule has 0 unspecified atom stereocenters. The maximum absolute atomic E-state index is 5.27. The minimum absolute atomic E-state index is 0.965. The molecule has 2 aliphatic carbocycles. The Hall–Kier alpha value is -0.980. The van der Waals surface area contributed by atoms with Crippen LogP contribution in [0, 0.1) is 23.7 Å². The molecule has 0 saturated heterocycles. The highest BCUT2D eigenvalue weighted by Gasteiger charge is 2.24. The Labute approximate surface area is 181 Å². The first-order chi connectivity index (χ1) is 14.3. The summed E-state index contributed by atoms with van der Waals surface area (Å²) >= 11 is 0. The molecule has 29 heavy (non-hydrogen) atoms. The molecule has 1 aromatic rings. The van der Waals surface area contributed by atoms with Gasteiger partial charge < -0.3 is 4.74 Å². The number of ether oxygens (including phenoxy) is 1. The van der Waals surface area contributed by atoms with E-state index in [0.29, 0.717) is 0 Å². The van der Waals surface area contributed by atoms with Crippen molar-refractivity contribution in [3.8, 4) is 5.75 Å². The van der Waals surface area contributed by atoms with Crippen LogP contribution in [0.3, 0.4) is 0 Å². The van der Waals surface area contributed by atoms with Gasteiger partial charge in [-0.3, -0.25) is 0 Å². The van der Waals surface area contributed by atoms with Gasteiger partial charge in [-0.15, -0.1) is 0 Å². The summed E-state index contributed by atoms with van der Waals surface area (Å²) in [5.41, 5.74) is 1.47. The summed E-state index contributed by atoms with van der Waals surface area (Å²) in [7, 11) is 1.74. The minimum Gasteiger partial charge on any atom is -0.497 e. The van der Waals surface area contributed by atoms with E-state index in [2.05, 4.69) is 31.2 Å². The number of rotatable bonds is 11. The van der Waals surface area contributed by atoms with Crippen molar-refractivity contribution in [1.29, 1.82) is 0 Å². The van der Waals surface area contributed by atoms with Gasteiger partial charge in [-0.2, -0.15) is 0 Å². The zero-order valence-electron chi connectivity index (χ0n) is 19.3. The first-order valence-electron chi connectivity index (χ1n) is 12.9. The number of hydrogen-bond acceptors (Lipinski definition) is 1. The highest BCUT2D eigenvalue weighted by Crippen LogP contribution is 2.38. The molecule has 1 aromatic carbocycles. The van der Waals surface area contributed by atoms with Gasteiger partial charge in [-0.05, 0) is 54.2 Å². The molecule has 0 spiro atoms. The Morgan fingerprint density at radius 3 is 1.62 bits per heavy atom. The smallest absolute Gasteiger partial charge is 0.118 e. The van der Waals surface area contributed by atoms with Gasteiger partial charge in [0.15, 0.2) is 0 Å². The van der Waals surface area contributed by atoms with Crippen molar-refractivity contribution >= 4 is 0 Å². The van der Waals surface area contributed by atoms with Crippen LogP contribution in [0.4, 0.5) is 0 Å². The highest BCUT2D eigenvalue weighted by molar-refractivity contribution is 5.27. The number of unbranched alkanes of at least 4 members (excludes halogenated alkanes) is 2. The number of methoxy groups -OCH3 is 1. The van der Waals surface area contributed by atoms with Crippen LogP contribution in [0.15, 0.2) is 24.3 Å². The van der Waals surface area contributed by atoms with Crippen molar-refractivity contribution < 1.29 is 4.74 Å². The van der Waals surface area contributed by atoms with Crippen LogP contribution in [0.5, 0.6) is 5.75 Å². The van der Waals surface area contributed by atoms with Gasteiger partial charge >= 0.3 is 0 Å². The standard InChI is InChI=1S/C28H46O/c1-3-4-5-6-23-7-9-24(10-8-23)11-12-25-13-15-26(16-14-25)17-18-27-19-21-28(29-2)22-20-27/h19-26H,3-18H2,1-2H3/t23-,24-,25-,26-. The van der Waals surface area contributed by atoms with E-state index in [1.807, 2.05) is 0 Å². The molecule has 0 heterocycles. The van der Waals surface area contributed by atoms with Gasteiger partial charge in [0.2, 0.25) is 0 Å². The van der Waals surface area contributed by atoms with E-state index in [1.54, 1.807) is 7.11 Å². The Balaban J connectivity index is 1.24. The lowest BCUT2D eigenvalue weighted by Gasteiger charge is -2.32. The topological polar surface area (TPSA) is 9.23 Å². The third-order valence-corrected chi connectivity index (χ3v) is 8.13. The van der Waals surface area contributed by atoms with Gasteiger partial charge in [0.05, 0.1) is 7.11 Å². The average molecular weight is 399 g/mol. The summed E-state index contributed by atoms with van der Waals surface area (Å²) in [6.45, 7) is 2.32. The van der Waals surface area contributed by atoms with Crippen molar-refractivity contribution in [2.75, 3.05) is 7.11 Å². The molecule has 2 aliphatic rings. The second kappa shape index (κ2) is 12.7. The van der Waals surface area contributed by atoms with Crippen LogP contribution < -0.4 is 4.74 Å². The van der Waals surface area contributed by atoms with Crippen LogP contribution in [0.1, 0.15) is 109 Å². The van der Waals surface area contributed by atoms with Gasteiger partial charge in [-0.1, -0.05) is 109 Å². The monoisotopic (exact) mass is 398 g/mol. The summed E-state index contributed by atoms with van der Waals surface area (Å²) in [5, 5.41) is 0. The van der Waals surface area contributed by atoms with Crippen LogP contribution in [-0.4, -0.2) is 7.11 Å². The van der Waals surface area contributed by atoms with Gasteiger partial charge in [0.25, 0.3) is 0 Å². The van der Waals surface area contributed by atoms with Gasteiger partial charge in [-0.25, -0.2) is 0 Å². The summed E-state index contributed by atoms with van der Waals surface area (Å²) in [6.07, 6.45) is 23.6. The summed E-state index contributed by atoms with van der Waals surface area (Å²) in [4.78, 5) is 0. The van der Waals surface area contributed by atoms with Crippen molar-refractivity contribution in [3.63, 3.8) is 0 Å². The molecule has 0 aliphatic heterocycles. The van der Waals surface area contributed by atoms with E-state index in [9.17, 15) is 0 Å². The molecule has 2 fully saturated rings. The predicted octanol–water partition coefficient (Wildman–Crippen LogP) is 8.60. The van der Waals surface area contributed by atoms with Crippen molar-refractivity contribution in [2.45, 2.75) is 110 Å². The maximum Gasteiger partial charge on any atom is 0.118 e. The van der Waals surface area contributed by atoms with Crippen molar-refractivity contribution in [1.82, 2.24) is 0 Å². The van der Waals surface area contributed by atoms with E-state index in [4.69, 9.17) is 4.74 Å². The Kier molecular flexibility index (Phi) is 9.91. The molecular formula is C28H46O. The van der Waals surface area contributed by atoms with E-state index < -0.39 is 0 Å². The molecular weight excluding hydrogens is 352 g/mol. The Morgan fingerprint density at radius 2 is 1.14 bits per heavy atom. The fourth-order valence-electron chi connectivity index (χ4n) is 5.94. The average Bonchev–Trinajstić information content (AvgIpc) is 2.78. The lowest BCUT2D eigenvalue weighted by molar-refractivity contribution is 0.208. The second-order valence-corrected chi connectivity index (χ2v) is 10.2. The van der Waals surface area contributed by atoms with E-state index in [-0.39, 0.29) is 0 Å². The molecule has 0 atom stereocenters. The normalized spacial score (nSPS) is 27.7. The summed E-state index contributed by atoms with van der Waals surface area (Å²) < 4.78 is 5.27. The number of aryl methyl sites for hydroxylation is 1. The largest absolute Gasteiger partial charge is 0.497 e. The quantitative estimate of drug-likeness (QED) is 0.339. The number of benzene rings is 1. The van der Waals surface area contributed by atoms with E-state index in [1.165, 1.54) is 108 Å². The first-order valence-corrected chi connectivity index (χ1v) is 12.9. The Morgan fingerprint density at radius 1 is 0.655 bits per heavy atom. The molecule has 1 heteroatoms. The minimum atomic E-state index is 0.965. The second-order valence-electron chi connectivity index (χ2n) is 10.2. The third-order valence-electron chi connectivity index (χ3n) is 8.13. The van der Waals surface area contributed by atoms with E-state index in [0.717, 1.165) is 29.4 Å². The summed E-state index contributed by atoms with van der Waals surface area (Å²) in [5.74, 6) is 5.10. The number of hydrogen-bond donors (Lipinski definition) is 0. The molecule has 0 bridgehead atoms. The molecule has 0 aromatic heterocycles. The molecule has 0 N–H and O–H groups in total. The lowest BCUT2D eigenvalue weighted by atomic mass is 9.74. The summed E-state index contributed by atoms with van der Waals surface area (Å²) in [6, 6.07) is 8.68. The molecule has 2 saturated carbocycles.